The summed E-state index contributed by atoms with van der Waals surface area (Å²) in [4.78, 5) is 10.6. The van der Waals surface area contributed by atoms with Crippen molar-refractivity contribution in [2.24, 2.45) is 0 Å². The minimum atomic E-state index is -10.7. The average Bonchev–Trinajstić information content (AvgIpc) is 1.98. The summed E-state index contributed by atoms with van der Waals surface area (Å²) in [7, 11) is -10.7. The molecular formula is C8H9F6O2P. The minimum absolute atomic E-state index is 0.172. The molecule has 1 rings (SSSR count). The van der Waals surface area contributed by atoms with E-state index in [1.54, 1.807) is 31.6 Å². The standard InChI is InChI=1S/C8H9O2.F6P/c1-7(9)6-8-2-4-10-5-3-8;1-7(2,3,4,5)6/h2-5H,6H2,1H3;/q+1;-1. The molecule has 2 nitrogen and oxygen atoms in total. The van der Waals surface area contributed by atoms with Crippen molar-refractivity contribution < 1.29 is 34.4 Å². The maximum atomic E-state index is 10.6. The zero-order valence-corrected chi connectivity index (χ0v) is 9.44. The van der Waals surface area contributed by atoms with Crippen molar-refractivity contribution in [3.63, 3.8) is 0 Å². The third-order valence-electron chi connectivity index (χ3n) is 1.17. The summed E-state index contributed by atoms with van der Waals surface area (Å²) < 4.78 is 64.0. The van der Waals surface area contributed by atoms with Gasteiger partial charge in [-0.2, -0.15) is 0 Å². The van der Waals surface area contributed by atoms with Crippen LogP contribution in [0.5, 0.6) is 0 Å². The third kappa shape index (κ3) is 20.8. The second-order valence-electron chi connectivity index (χ2n) is 3.15. The maximum absolute atomic E-state index is 10.7. The summed E-state index contributed by atoms with van der Waals surface area (Å²) >= 11 is 0. The topological polar surface area (TPSA) is 28.4 Å². The quantitative estimate of drug-likeness (QED) is 0.430. The van der Waals surface area contributed by atoms with E-state index in [0.717, 1.165) is 5.56 Å². The Morgan fingerprint density at radius 1 is 1.12 bits per heavy atom. The van der Waals surface area contributed by atoms with E-state index >= 15 is 0 Å². The van der Waals surface area contributed by atoms with E-state index in [-0.39, 0.29) is 5.78 Å². The molecule has 0 aliphatic carbocycles. The van der Waals surface area contributed by atoms with Gasteiger partial charge in [0.05, 0.1) is 0 Å². The van der Waals surface area contributed by atoms with Crippen LogP contribution in [0.4, 0.5) is 25.2 Å². The summed E-state index contributed by atoms with van der Waals surface area (Å²) in [5.41, 5.74) is 0.999. The predicted molar refractivity (Wildman–Crippen MR) is 51.1 cm³/mol. The van der Waals surface area contributed by atoms with E-state index in [0.29, 0.717) is 6.42 Å². The first-order valence-electron chi connectivity index (χ1n) is 4.14. The second-order valence-corrected chi connectivity index (χ2v) is 5.07. The Hall–Kier alpha value is -1.17. The molecule has 0 fully saturated rings. The van der Waals surface area contributed by atoms with Crippen LogP contribution in [0.1, 0.15) is 12.5 Å². The fourth-order valence-electron chi connectivity index (χ4n) is 0.760. The molecular weight excluding hydrogens is 273 g/mol. The van der Waals surface area contributed by atoms with Crippen molar-refractivity contribution in [2.75, 3.05) is 0 Å². The first-order valence-corrected chi connectivity index (χ1v) is 6.17. The monoisotopic (exact) mass is 282 g/mol. The second kappa shape index (κ2) is 4.25. The normalized spacial score (nSPS) is 15.0. The Morgan fingerprint density at radius 3 is 1.76 bits per heavy atom. The molecule has 0 spiro atoms. The Morgan fingerprint density at radius 2 is 1.47 bits per heavy atom. The molecule has 100 valence electrons. The van der Waals surface area contributed by atoms with E-state index in [9.17, 15) is 30.0 Å². The van der Waals surface area contributed by atoms with Crippen LogP contribution < -0.4 is 0 Å². The van der Waals surface area contributed by atoms with Crippen LogP contribution in [-0.4, -0.2) is 5.78 Å². The van der Waals surface area contributed by atoms with E-state index in [1.165, 1.54) is 0 Å². The molecule has 0 saturated heterocycles. The van der Waals surface area contributed by atoms with Crippen molar-refractivity contribution >= 4 is 13.6 Å². The van der Waals surface area contributed by atoms with Crippen LogP contribution in [-0.2, 0) is 11.2 Å². The molecule has 0 saturated carbocycles. The van der Waals surface area contributed by atoms with Gasteiger partial charge in [0, 0.05) is 18.6 Å². The molecule has 17 heavy (non-hydrogen) atoms. The van der Waals surface area contributed by atoms with Gasteiger partial charge in [0.2, 0.25) is 0 Å². The van der Waals surface area contributed by atoms with Crippen LogP contribution in [0.25, 0.3) is 0 Å². The van der Waals surface area contributed by atoms with Gasteiger partial charge in [-0.3, -0.25) is 4.79 Å². The van der Waals surface area contributed by atoms with Gasteiger partial charge in [0.1, 0.15) is 5.78 Å². The van der Waals surface area contributed by atoms with Gasteiger partial charge in [0.25, 0.3) is 0 Å². The summed E-state index contributed by atoms with van der Waals surface area (Å²) in [6.07, 6.45) is 3.63. The number of hydrogen-bond acceptors (Lipinski definition) is 1. The number of hydrogen-bond donors (Lipinski definition) is 0. The van der Waals surface area contributed by atoms with Crippen LogP contribution >= 0.6 is 7.81 Å². The van der Waals surface area contributed by atoms with Crippen LogP contribution in [0.15, 0.2) is 29.1 Å². The van der Waals surface area contributed by atoms with Gasteiger partial charge in [-0.05, 0) is 12.5 Å². The summed E-state index contributed by atoms with van der Waals surface area (Å²) in [5, 5.41) is 0. The third-order valence-corrected chi connectivity index (χ3v) is 1.17. The molecule has 0 N–H and O–H groups in total. The number of halogens is 6. The van der Waals surface area contributed by atoms with Crippen LogP contribution in [0.2, 0.25) is 0 Å². The molecule has 0 radical (unpaired) electrons. The average molecular weight is 282 g/mol. The van der Waals surface area contributed by atoms with E-state index in [1.807, 2.05) is 0 Å². The van der Waals surface area contributed by atoms with Gasteiger partial charge < -0.3 is 0 Å². The van der Waals surface area contributed by atoms with Gasteiger partial charge in [-0.25, -0.2) is 4.42 Å². The molecule has 1 heterocycles. The summed E-state index contributed by atoms with van der Waals surface area (Å²) in [6.45, 7) is 1.57. The Balaban J connectivity index is 0.000000325. The summed E-state index contributed by atoms with van der Waals surface area (Å²) in [6, 6.07) is 3.59. The van der Waals surface area contributed by atoms with Crippen molar-refractivity contribution in [3.8, 4) is 0 Å². The molecule has 0 aliphatic rings. The fourth-order valence-corrected chi connectivity index (χ4v) is 0.760. The molecule has 0 aliphatic heterocycles. The molecule has 0 unspecified atom stereocenters. The first kappa shape index (κ1) is 15.8. The number of Topliss-reactive ketones (excluding diaryl/α,β-unsaturated/α-hetero) is 1. The van der Waals surface area contributed by atoms with Crippen molar-refractivity contribution in [1.29, 1.82) is 0 Å². The Kier molecular flexibility index (Phi) is 3.96. The zero-order chi connectivity index (χ0) is 13.8. The number of carbonyl (C=O) groups excluding carboxylic acids is 1. The van der Waals surface area contributed by atoms with Crippen molar-refractivity contribution in [2.45, 2.75) is 13.3 Å². The SMILES string of the molecule is CC(=O)Cc1cc[o+]cc1.F[P-](F)(F)(F)(F)F. The number of ketones is 1. The first-order chi connectivity index (χ1) is 7.24. The van der Waals surface area contributed by atoms with Gasteiger partial charge in [-0.1, -0.05) is 0 Å². The molecule has 0 atom stereocenters. The van der Waals surface area contributed by atoms with E-state index in [4.69, 9.17) is 4.42 Å². The molecule has 1 aromatic rings. The molecule has 0 aromatic carbocycles. The Bertz CT molecular complexity index is 373. The fraction of sp³-hybridized carbons (Fsp3) is 0.250. The molecule has 1 aromatic heterocycles. The Labute approximate surface area is 92.5 Å². The number of rotatable bonds is 2. The van der Waals surface area contributed by atoms with Gasteiger partial charge in [0.15, 0.2) is 0 Å². The van der Waals surface area contributed by atoms with Crippen molar-refractivity contribution in [3.05, 3.63) is 30.2 Å². The van der Waals surface area contributed by atoms with Crippen molar-refractivity contribution in [1.82, 2.24) is 0 Å². The summed E-state index contributed by atoms with van der Waals surface area (Å²) in [5.74, 6) is 0.172. The zero-order valence-electron chi connectivity index (χ0n) is 8.55. The van der Waals surface area contributed by atoms with Gasteiger partial charge >= 0.3 is 45.5 Å². The van der Waals surface area contributed by atoms with Crippen LogP contribution in [0.3, 0.4) is 0 Å². The molecule has 9 heteroatoms. The van der Waals surface area contributed by atoms with Crippen LogP contribution in [0, 0.1) is 0 Å². The van der Waals surface area contributed by atoms with E-state index < -0.39 is 7.81 Å². The van der Waals surface area contributed by atoms with Gasteiger partial charge in [-0.15, -0.1) is 0 Å². The molecule has 0 amide bonds. The van der Waals surface area contributed by atoms with E-state index in [2.05, 4.69) is 0 Å². The molecule has 0 bridgehead atoms. The number of carbonyl (C=O) groups is 1. The predicted octanol–water partition coefficient (Wildman–Crippen LogP) is 5.07.